The lowest BCUT2D eigenvalue weighted by Crippen LogP contribution is -2.60. The Labute approximate surface area is 143 Å². The van der Waals surface area contributed by atoms with Gasteiger partial charge in [0.05, 0.1) is 0 Å². The molecule has 3 rings (SSSR count). The van der Waals surface area contributed by atoms with Crippen molar-refractivity contribution in [3.8, 4) is 0 Å². The molecule has 0 aromatic heterocycles. The first kappa shape index (κ1) is 16.7. The van der Waals surface area contributed by atoms with E-state index in [9.17, 15) is 0 Å². The average Bonchev–Trinajstić information content (AvgIpc) is 2.62. The quantitative estimate of drug-likeness (QED) is 0.829. The molecule has 0 saturated carbocycles. The highest BCUT2D eigenvalue weighted by Crippen LogP contribution is 2.39. The molecular weight excluding hydrogens is 296 g/mol. The Morgan fingerprint density at radius 3 is 1.92 bits per heavy atom. The minimum absolute atomic E-state index is 0.414. The molecule has 24 heavy (non-hydrogen) atoms. The molecule has 2 aromatic carbocycles. The van der Waals surface area contributed by atoms with E-state index in [2.05, 4.69) is 31.2 Å². The second-order valence-corrected chi connectivity index (χ2v) is 6.20. The lowest BCUT2D eigenvalue weighted by molar-refractivity contribution is -0.0758. The van der Waals surface area contributed by atoms with E-state index >= 15 is 0 Å². The smallest absolute Gasteiger partial charge is 0.119 e. The highest BCUT2D eigenvalue weighted by Gasteiger charge is 2.40. The van der Waals surface area contributed by atoms with Gasteiger partial charge in [0.1, 0.15) is 17.4 Å². The van der Waals surface area contributed by atoms with Crippen LogP contribution < -0.4 is 11.5 Å². The third-order valence-electron chi connectivity index (χ3n) is 4.58. The van der Waals surface area contributed by atoms with E-state index in [4.69, 9.17) is 16.2 Å². The predicted octanol–water partition coefficient (Wildman–Crippen LogP) is 3.47. The van der Waals surface area contributed by atoms with E-state index in [0.29, 0.717) is 0 Å². The second kappa shape index (κ2) is 6.73. The number of hydrogen-bond acceptors (Lipinski definition) is 3. The maximum absolute atomic E-state index is 6.63. The number of allylic oxidation sites excluding steroid dienone is 2. The van der Waals surface area contributed by atoms with Gasteiger partial charge in [-0.2, -0.15) is 0 Å². The number of benzene rings is 2. The minimum Gasteiger partial charge on any atom is -0.355 e. The summed E-state index contributed by atoms with van der Waals surface area (Å²) < 4.78 is 6.63. The fraction of sp³-hybridized carbons (Fsp3) is 0.238. The third-order valence-corrected chi connectivity index (χ3v) is 4.58. The van der Waals surface area contributed by atoms with Crippen LogP contribution in [0.1, 0.15) is 24.5 Å². The summed E-state index contributed by atoms with van der Waals surface area (Å²) in [5.41, 5.74) is 13.1. The Morgan fingerprint density at radius 1 is 0.917 bits per heavy atom. The summed E-state index contributed by atoms with van der Waals surface area (Å²) in [5.74, 6) is 0. The molecule has 3 heteroatoms. The molecule has 4 N–H and O–H groups in total. The fourth-order valence-corrected chi connectivity index (χ4v) is 3.22. The fourth-order valence-electron chi connectivity index (χ4n) is 3.22. The van der Waals surface area contributed by atoms with Crippen LogP contribution in [0.5, 0.6) is 0 Å². The van der Waals surface area contributed by atoms with Gasteiger partial charge in [0.25, 0.3) is 0 Å². The summed E-state index contributed by atoms with van der Waals surface area (Å²) in [6.45, 7) is 2.12. The highest BCUT2D eigenvalue weighted by molar-refractivity contribution is 5.37. The van der Waals surface area contributed by atoms with Gasteiger partial charge in [-0.05, 0) is 23.6 Å². The van der Waals surface area contributed by atoms with Crippen molar-refractivity contribution in [2.45, 2.75) is 30.7 Å². The zero-order chi connectivity index (χ0) is 17.0. The molecule has 0 radical (unpaired) electrons. The van der Waals surface area contributed by atoms with Gasteiger partial charge in [0.2, 0.25) is 0 Å². The molecule has 0 amide bonds. The predicted molar refractivity (Wildman–Crippen MR) is 98.2 cm³/mol. The zero-order valence-electron chi connectivity index (χ0n) is 13.9. The van der Waals surface area contributed by atoms with Crippen molar-refractivity contribution >= 4 is 0 Å². The maximum atomic E-state index is 6.63. The first-order chi connectivity index (χ1) is 11.6. The molecule has 0 fully saturated rings. The lowest BCUT2D eigenvalue weighted by atomic mass is 9.83. The molecule has 0 aliphatic heterocycles. The summed E-state index contributed by atoms with van der Waals surface area (Å²) in [6.07, 6.45) is 7.86. The Morgan fingerprint density at radius 2 is 1.46 bits per heavy atom. The van der Waals surface area contributed by atoms with Crippen LogP contribution >= 0.6 is 0 Å². The van der Waals surface area contributed by atoms with Crippen molar-refractivity contribution in [1.82, 2.24) is 0 Å². The second-order valence-electron chi connectivity index (χ2n) is 6.20. The molecule has 124 valence electrons. The standard InChI is InChI=1S/C21H24N2O/c1-2-20(17-11-5-3-6-12-17,18-13-7-4-8-14-18)24-19-15-9-10-16-21(19,22)23/h3-16,19H,2,22-23H2,1H3. The van der Waals surface area contributed by atoms with Gasteiger partial charge >= 0.3 is 0 Å². The van der Waals surface area contributed by atoms with Crippen LogP contribution in [0.25, 0.3) is 0 Å². The van der Waals surface area contributed by atoms with E-state index in [-0.39, 0.29) is 0 Å². The molecule has 1 unspecified atom stereocenters. The Kier molecular flexibility index (Phi) is 4.67. The summed E-state index contributed by atoms with van der Waals surface area (Å²) in [6, 6.07) is 20.5. The Bertz CT molecular complexity index is 681. The largest absolute Gasteiger partial charge is 0.355 e. The molecular formula is C21H24N2O. The first-order valence-electron chi connectivity index (χ1n) is 8.31. The van der Waals surface area contributed by atoms with Gasteiger partial charge in [-0.3, -0.25) is 0 Å². The average molecular weight is 320 g/mol. The third kappa shape index (κ3) is 3.06. The van der Waals surface area contributed by atoms with E-state index in [1.54, 1.807) is 6.08 Å². The van der Waals surface area contributed by atoms with Crippen LogP contribution in [0.4, 0.5) is 0 Å². The molecule has 0 spiro atoms. The molecule has 0 heterocycles. The van der Waals surface area contributed by atoms with Crippen LogP contribution in [0.15, 0.2) is 85.0 Å². The topological polar surface area (TPSA) is 61.3 Å². The zero-order valence-corrected chi connectivity index (χ0v) is 13.9. The number of nitrogens with two attached hydrogens (primary N) is 2. The summed E-state index contributed by atoms with van der Waals surface area (Å²) in [5, 5.41) is 0. The number of ether oxygens (including phenoxy) is 1. The summed E-state index contributed by atoms with van der Waals surface area (Å²) in [7, 11) is 0. The lowest BCUT2D eigenvalue weighted by Gasteiger charge is -2.41. The van der Waals surface area contributed by atoms with Gasteiger partial charge in [-0.25, -0.2) is 0 Å². The van der Waals surface area contributed by atoms with Gasteiger partial charge < -0.3 is 16.2 Å². The first-order valence-corrected chi connectivity index (χ1v) is 8.31. The van der Waals surface area contributed by atoms with E-state index in [1.807, 2.05) is 54.6 Å². The van der Waals surface area contributed by atoms with Crippen LogP contribution in [-0.2, 0) is 10.3 Å². The van der Waals surface area contributed by atoms with Gasteiger partial charge in [0.15, 0.2) is 0 Å². The van der Waals surface area contributed by atoms with E-state index in [0.717, 1.165) is 17.5 Å². The van der Waals surface area contributed by atoms with Crippen molar-refractivity contribution in [1.29, 1.82) is 0 Å². The van der Waals surface area contributed by atoms with Crippen LogP contribution in [0.3, 0.4) is 0 Å². The van der Waals surface area contributed by atoms with Crippen LogP contribution in [0.2, 0.25) is 0 Å². The Balaban J connectivity index is 2.09. The minimum atomic E-state index is -1.03. The van der Waals surface area contributed by atoms with Crippen LogP contribution in [-0.4, -0.2) is 11.8 Å². The van der Waals surface area contributed by atoms with Crippen molar-refractivity contribution in [2.75, 3.05) is 0 Å². The molecule has 3 nitrogen and oxygen atoms in total. The van der Waals surface area contributed by atoms with Crippen molar-refractivity contribution in [3.05, 3.63) is 96.1 Å². The van der Waals surface area contributed by atoms with E-state index in [1.165, 1.54) is 0 Å². The van der Waals surface area contributed by atoms with Crippen molar-refractivity contribution in [2.24, 2.45) is 11.5 Å². The molecule has 2 aromatic rings. The molecule has 0 bridgehead atoms. The molecule has 1 aliphatic carbocycles. The van der Waals surface area contributed by atoms with E-state index < -0.39 is 17.4 Å². The van der Waals surface area contributed by atoms with Crippen LogP contribution in [0, 0.1) is 0 Å². The normalized spacial score (nSPS) is 19.4. The molecule has 1 aliphatic rings. The van der Waals surface area contributed by atoms with Crippen molar-refractivity contribution in [3.63, 3.8) is 0 Å². The highest BCUT2D eigenvalue weighted by atomic mass is 16.5. The van der Waals surface area contributed by atoms with Crippen molar-refractivity contribution < 1.29 is 4.74 Å². The summed E-state index contributed by atoms with van der Waals surface area (Å²) in [4.78, 5) is 0. The molecule has 0 saturated heterocycles. The number of rotatable bonds is 5. The monoisotopic (exact) mass is 320 g/mol. The number of hydrogen-bond donors (Lipinski definition) is 2. The molecule has 1 atom stereocenters. The maximum Gasteiger partial charge on any atom is 0.119 e. The summed E-state index contributed by atoms with van der Waals surface area (Å²) >= 11 is 0. The van der Waals surface area contributed by atoms with Gasteiger partial charge in [0, 0.05) is 0 Å². The van der Waals surface area contributed by atoms with Gasteiger partial charge in [-0.15, -0.1) is 0 Å². The Hall–Kier alpha value is -2.20. The van der Waals surface area contributed by atoms with Gasteiger partial charge in [-0.1, -0.05) is 85.8 Å². The SMILES string of the molecule is CCC(OC1C=CC=CC1(N)N)(c1ccccc1)c1ccccc1.